The van der Waals surface area contributed by atoms with E-state index in [1.807, 2.05) is 0 Å². The molecule has 0 spiro atoms. The van der Waals surface area contributed by atoms with Gasteiger partial charge in [0.25, 0.3) is 5.69 Å². The highest BCUT2D eigenvalue weighted by Gasteiger charge is 2.34. The number of nitrogens with zero attached hydrogens (tertiary/aromatic N) is 3. The fraction of sp³-hybridized carbons (Fsp3) is 0.222. The van der Waals surface area contributed by atoms with Gasteiger partial charge in [0, 0.05) is 22.4 Å². The fourth-order valence-electron chi connectivity index (χ4n) is 1.32. The molecule has 0 fully saturated rings. The normalized spacial score (nSPS) is 18.1. The summed E-state index contributed by atoms with van der Waals surface area (Å²) >= 11 is 3.26. The van der Waals surface area contributed by atoms with E-state index in [-0.39, 0.29) is 5.91 Å². The Balaban J connectivity index is 2.37. The molecule has 1 atom stereocenters. The first-order valence-electron chi connectivity index (χ1n) is 4.52. The summed E-state index contributed by atoms with van der Waals surface area (Å²) in [7, 11) is 0. The predicted octanol–water partition coefficient (Wildman–Crippen LogP) is 2.38. The lowest BCUT2D eigenvalue weighted by molar-refractivity contribution is -0.512. The molecule has 1 heterocycles. The van der Waals surface area contributed by atoms with Crippen LogP contribution in [0.2, 0.25) is 0 Å². The van der Waals surface area contributed by atoms with Crippen LogP contribution in [0.3, 0.4) is 0 Å². The number of nitrogens with one attached hydrogen (secondary N) is 1. The molecule has 0 saturated heterocycles. The maximum absolute atomic E-state index is 11.8. The average molecular weight is 284 g/mol. The second-order valence-electron chi connectivity index (χ2n) is 3.25. The van der Waals surface area contributed by atoms with E-state index in [4.69, 9.17) is 0 Å². The number of fused-ring (bicyclic) bond motifs is 1. The largest absolute Gasteiger partial charge is 0.398 e. The maximum Gasteiger partial charge on any atom is 0.398 e. The molecule has 0 saturated carbocycles. The van der Waals surface area contributed by atoms with Crippen molar-refractivity contribution in [1.29, 1.82) is 0 Å². The second kappa shape index (κ2) is 4.09. The van der Waals surface area contributed by atoms with E-state index < -0.39 is 6.29 Å². The van der Waals surface area contributed by atoms with Gasteiger partial charge in [-0.05, 0) is 12.1 Å². The minimum atomic E-state index is -0.987. The highest BCUT2D eigenvalue weighted by atomic mass is 79.9. The lowest BCUT2D eigenvalue weighted by Gasteiger charge is -2.09. The summed E-state index contributed by atoms with van der Waals surface area (Å²) in [5.74, 6) is -0.330. The van der Waals surface area contributed by atoms with Crippen molar-refractivity contribution in [2.24, 2.45) is 10.2 Å². The molecule has 1 unspecified atom stereocenters. The summed E-state index contributed by atoms with van der Waals surface area (Å²) < 4.78 is 1.39. The van der Waals surface area contributed by atoms with Crippen LogP contribution in [0.1, 0.15) is 6.92 Å². The van der Waals surface area contributed by atoms with Gasteiger partial charge in [-0.1, -0.05) is 21.0 Å². The number of rotatable bonds is 1. The van der Waals surface area contributed by atoms with E-state index in [1.165, 1.54) is 6.92 Å². The minimum Gasteiger partial charge on any atom is -0.275 e. The molecule has 82 valence electrons. The van der Waals surface area contributed by atoms with Crippen LogP contribution >= 0.6 is 15.9 Å². The van der Waals surface area contributed by atoms with Gasteiger partial charge in [-0.3, -0.25) is 10.1 Å². The van der Waals surface area contributed by atoms with Crippen LogP contribution in [0.5, 0.6) is 0 Å². The van der Waals surface area contributed by atoms with E-state index in [0.717, 1.165) is 4.47 Å². The average Bonchev–Trinajstić information content (AvgIpc) is 2.22. The van der Waals surface area contributed by atoms with Crippen LogP contribution in [-0.4, -0.2) is 17.0 Å². The Morgan fingerprint density at radius 3 is 3.00 bits per heavy atom. The molecule has 0 aliphatic carbocycles. The molecule has 7 heteroatoms. The first kappa shape index (κ1) is 10.9. The molecule has 1 aromatic rings. The molecule has 0 radical (unpaired) electrons. The summed E-state index contributed by atoms with van der Waals surface area (Å²) in [5, 5.41) is 9.97. The van der Waals surface area contributed by atoms with Gasteiger partial charge in [-0.2, -0.15) is 0 Å². The zero-order chi connectivity index (χ0) is 11.7. The maximum atomic E-state index is 11.8. The minimum absolute atomic E-state index is 0.330. The van der Waals surface area contributed by atoms with Crippen LogP contribution in [0, 0.1) is 4.91 Å². The van der Waals surface area contributed by atoms with Crippen molar-refractivity contribution in [2.45, 2.75) is 13.2 Å². The number of carbonyl (C=O) groups excluding carboxylic acids is 1. The number of hydrogen-bond donors (Lipinski definition) is 1. The van der Waals surface area contributed by atoms with Gasteiger partial charge in [0.15, 0.2) is 5.69 Å². The Labute approximate surface area is 99.5 Å². The Kier molecular flexibility index (Phi) is 2.78. The topological polar surface area (TPSA) is 73.9 Å². The monoisotopic (exact) mass is 283 g/mol. The van der Waals surface area contributed by atoms with Crippen molar-refractivity contribution in [3.63, 3.8) is 0 Å². The van der Waals surface area contributed by atoms with Gasteiger partial charge in [0.05, 0.1) is 4.76 Å². The van der Waals surface area contributed by atoms with Crippen LogP contribution in [0.25, 0.3) is 0 Å². The van der Waals surface area contributed by atoms with Crippen LogP contribution < -0.4 is 5.32 Å². The number of carbonyl (C=O) groups is 1. The van der Waals surface area contributed by atoms with Crippen LogP contribution in [0.4, 0.5) is 11.4 Å². The highest BCUT2D eigenvalue weighted by Crippen LogP contribution is 2.34. The number of amides is 1. The Hall–Kier alpha value is -1.63. The van der Waals surface area contributed by atoms with E-state index in [1.54, 1.807) is 18.2 Å². The van der Waals surface area contributed by atoms with Gasteiger partial charge < -0.3 is 0 Å². The highest BCUT2D eigenvalue weighted by molar-refractivity contribution is 9.10. The molecule has 0 aromatic heterocycles. The molecule has 16 heavy (non-hydrogen) atoms. The Morgan fingerprint density at radius 2 is 2.31 bits per heavy atom. The molecule has 2 rings (SSSR count). The zero-order valence-corrected chi connectivity index (χ0v) is 9.93. The number of benzene rings is 1. The van der Waals surface area contributed by atoms with Crippen LogP contribution in [0.15, 0.2) is 32.9 Å². The molecule has 1 amide bonds. The summed E-state index contributed by atoms with van der Waals surface area (Å²) in [6, 6.07) is 5.08. The molecular formula is C9H8BrN4O2+. The third kappa shape index (κ3) is 1.99. The van der Waals surface area contributed by atoms with Gasteiger partial charge in [-0.25, -0.2) is 0 Å². The fourth-order valence-corrected chi connectivity index (χ4v) is 1.67. The van der Waals surface area contributed by atoms with Crippen molar-refractivity contribution in [3.05, 3.63) is 27.6 Å². The molecule has 1 aromatic carbocycles. The lowest BCUT2D eigenvalue weighted by Crippen LogP contribution is -2.38. The molecule has 0 bridgehead atoms. The third-order valence-electron chi connectivity index (χ3n) is 2.00. The van der Waals surface area contributed by atoms with Crippen LogP contribution in [-0.2, 0) is 4.79 Å². The summed E-state index contributed by atoms with van der Waals surface area (Å²) in [6.07, 6.45) is -0.987. The third-order valence-corrected chi connectivity index (χ3v) is 2.50. The zero-order valence-electron chi connectivity index (χ0n) is 8.35. The molecule has 1 aliphatic rings. The van der Waals surface area contributed by atoms with Crippen molar-refractivity contribution in [3.8, 4) is 0 Å². The molecule has 1 N–H and O–H groups in total. The van der Waals surface area contributed by atoms with Gasteiger partial charge in [-0.15, -0.1) is 5.11 Å². The summed E-state index contributed by atoms with van der Waals surface area (Å²) in [6.45, 7) is 1.32. The van der Waals surface area contributed by atoms with Crippen molar-refractivity contribution in [2.75, 3.05) is 0 Å². The second-order valence-corrected chi connectivity index (χ2v) is 4.16. The number of nitroso groups, excluding NO2 is 1. The predicted molar refractivity (Wildman–Crippen MR) is 59.6 cm³/mol. The van der Waals surface area contributed by atoms with Crippen molar-refractivity contribution >= 4 is 33.2 Å². The first-order chi connectivity index (χ1) is 7.58. The number of hydrogen-bond acceptors (Lipinski definition) is 4. The number of halogens is 1. The van der Waals surface area contributed by atoms with Gasteiger partial charge >= 0.3 is 6.29 Å². The van der Waals surface area contributed by atoms with E-state index in [9.17, 15) is 9.70 Å². The van der Waals surface area contributed by atoms with E-state index >= 15 is 0 Å². The molecule has 6 nitrogen and oxygen atoms in total. The first-order valence-corrected chi connectivity index (χ1v) is 5.31. The quantitative estimate of drug-likeness (QED) is 0.804. The van der Waals surface area contributed by atoms with E-state index in [0.29, 0.717) is 16.1 Å². The SMILES string of the molecule is CC(=O)NC1N=Nc2ccc(Br)cc2[N+]1=O. The smallest absolute Gasteiger partial charge is 0.275 e. The standard InChI is InChI=1S/C9H7BrN4O2/c1-5(15)11-9-13-12-7-3-2-6(10)4-8(7)14(9)16/h2-4,9H,1H3/p+1. The summed E-state index contributed by atoms with van der Waals surface area (Å²) in [5.41, 5.74) is 0.864. The van der Waals surface area contributed by atoms with E-state index in [2.05, 4.69) is 31.5 Å². The molecule has 1 aliphatic heterocycles. The molecular weight excluding hydrogens is 276 g/mol. The summed E-state index contributed by atoms with van der Waals surface area (Å²) in [4.78, 5) is 22.7. The van der Waals surface area contributed by atoms with Crippen molar-refractivity contribution < 1.29 is 9.55 Å². The van der Waals surface area contributed by atoms with Gasteiger partial charge in [0.2, 0.25) is 5.91 Å². The Morgan fingerprint density at radius 1 is 1.56 bits per heavy atom. The van der Waals surface area contributed by atoms with Gasteiger partial charge in [0.1, 0.15) is 0 Å². The lowest BCUT2D eigenvalue weighted by atomic mass is 10.2. The Bertz CT molecular complexity index is 500. The van der Waals surface area contributed by atoms with Crippen molar-refractivity contribution in [1.82, 2.24) is 5.32 Å². The number of azo groups is 1.